The minimum Gasteiger partial charge on any atom is -0.516 e. The van der Waals surface area contributed by atoms with Crippen LogP contribution >= 0.6 is 11.6 Å². The largest absolute Gasteiger partial charge is 0.516 e. The second-order valence-corrected chi connectivity index (χ2v) is 11.6. The van der Waals surface area contributed by atoms with Crippen LogP contribution in [0.15, 0.2) is 103 Å². The van der Waals surface area contributed by atoms with E-state index < -0.39 is 0 Å². The Kier molecular flexibility index (Phi) is 13.9. The van der Waals surface area contributed by atoms with Crippen LogP contribution in [0.4, 0.5) is 17.5 Å². The van der Waals surface area contributed by atoms with Gasteiger partial charge in [0.2, 0.25) is 5.95 Å². The van der Waals surface area contributed by atoms with Crippen LogP contribution in [0.3, 0.4) is 0 Å². The lowest BCUT2D eigenvalue weighted by Crippen LogP contribution is -2.49. The third kappa shape index (κ3) is 11.5. The molecule has 2 aromatic heterocycles. The maximum Gasteiger partial charge on any atom is 0.228 e. The molecule has 244 valence electrons. The average Bonchev–Trinajstić information content (AvgIpc) is 3.06. The number of anilines is 3. The van der Waals surface area contributed by atoms with Gasteiger partial charge in [-0.2, -0.15) is 4.98 Å². The van der Waals surface area contributed by atoms with Crippen LogP contribution in [0.2, 0.25) is 5.02 Å². The van der Waals surface area contributed by atoms with Crippen molar-refractivity contribution in [3.05, 3.63) is 114 Å². The molecule has 3 aromatic rings. The lowest BCUT2D eigenvalue weighted by molar-refractivity contribution is 0.103. The molecule has 0 amide bonds. The molecule has 0 aliphatic carbocycles. The first-order valence-electron chi connectivity index (χ1n) is 15.6. The van der Waals surface area contributed by atoms with Gasteiger partial charge in [0.25, 0.3) is 0 Å². The zero-order valence-electron chi connectivity index (χ0n) is 26.7. The Labute approximate surface area is 277 Å². The average molecular weight is 645 g/mol. The number of piperazine rings is 1. The molecule has 46 heavy (non-hydrogen) atoms. The Morgan fingerprint density at radius 2 is 1.96 bits per heavy atom. The summed E-state index contributed by atoms with van der Waals surface area (Å²) >= 11 is 6.48. The number of nitrogens with zero attached hydrogens (tertiary/aromatic N) is 5. The number of pyridine rings is 1. The van der Waals surface area contributed by atoms with Crippen LogP contribution in [0, 0.1) is 0 Å². The normalized spacial score (nSPS) is 15.5. The number of hydrogen-bond acceptors (Lipinski definition) is 10. The Bertz CT molecular complexity index is 1470. The van der Waals surface area contributed by atoms with E-state index in [9.17, 15) is 0 Å². The summed E-state index contributed by atoms with van der Waals surface area (Å²) < 4.78 is 5.83. The van der Waals surface area contributed by atoms with Gasteiger partial charge in [-0.05, 0) is 81.3 Å². The molecule has 0 spiro atoms. The number of ether oxygens (including phenoxy) is 1. The molecule has 4 N–H and O–H groups in total. The third-order valence-corrected chi connectivity index (χ3v) is 7.90. The van der Waals surface area contributed by atoms with Crippen molar-refractivity contribution in [2.24, 2.45) is 0 Å². The fourth-order valence-corrected chi connectivity index (χ4v) is 5.32. The van der Waals surface area contributed by atoms with E-state index in [0.29, 0.717) is 35.2 Å². The summed E-state index contributed by atoms with van der Waals surface area (Å²) in [6.45, 7) is 11.4. The molecule has 11 heteroatoms. The lowest BCUT2D eigenvalue weighted by atomic mass is 10.0. The third-order valence-electron chi connectivity index (χ3n) is 7.61. The maximum absolute atomic E-state index is 9.06. The van der Waals surface area contributed by atoms with Gasteiger partial charge in [-0.15, -0.1) is 0 Å². The first kappa shape index (κ1) is 34.5. The van der Waals surface area contributed by atoms with Crippen LogP contribution in [-0.2, 0) is 6.61 Å². The number of hydrogen-bond donors (Lipinski definition) is 4. The zero-order valence-corrected chi connectivity index (χ0v) is 27.5. The quantitative estimate of drug-likeness (QED) is 0.0721. The highest BCUT2D eigenvalue weighted by Crippen LogP contribution is 2.29. The van der Waals surface area contributed by atoms with Crippen LogP contribution < -0.4 is 20.7 Å². The molecule has 1 atom stereocenters. The number of aliphatic hydroxyl groups excluding tert-OH is 1. The fraction of sp³-hybridized carbons (Fsp3) is 0.343. The van der Waals surface area contributed by atoms with Crippen LogP contribution in [0.1, 0.15) is 31.9 Å². The monoisotopic (exact) mass is 644 g/mol. The number of nitrogens with one attached hydrogen (secondary N) is 3. The van der Waals surface area contributed by atoms with Crippen molar-refractivity contribution in [2.75, 3.05) is 50.4 Å². The van der Waals surface area contributed by atoms with Gasteiger partial charge in [0, 0.05) is 68.7 Å². The Morgan fingerprint density at radius 1 is 1.11 bits per heavy atom. The number of benzene rings is 1. The zero-order chi connectivity index (χ0) is 32.6. The summed E-state index contributed by atoms with van der Waals surface area (Å²) in [6.07, 6.45) is 15.1. The Balaban J connectivity index is 1.28. The van der Waals surface area contributed by atoms with Gasteiger partial charge in [0.15, 0.2) is 0 Å². The molecule has 1 aliphatic rings. The first-order chi connectivity index (χ1) is 22.4. The van der Waals surface area contributed by atoms with Crippen LogP contribution in [-0.4, -0.2) is 75.7 Å². The summed E-state index contributed by atoms with van der Waals surface area (Å²) in [5, 5.41) is 19.5. The molecule has 1 fully saturated rings. The van der Waals surface area contributed by atoms with Crippen molar-refractivity contribution in [3.8, 4) is 5.75 Å². The van der Waals surface area contributed by atoms with Gasteiger partial charge >= 0.3 is 0 Å². The highest BCUT2D eigenvalue weighted by molar-refractivity contribution is 6.32. The van der Waals surface area contributed by atoms with Gasteiger partial charge in [-0.1, -0.05) is 36.4 Å². The summed E-state index contributed by atoms with van der Waals surface area (Å²) in [4.78, 5) is 18.2. The smallest absolute Gasteiger partial charge is 0.228 e. The van der Waals surface area contributed by atoms with E-state index in [4.69, 9.17) is 21.4 Å². The van der Waals surface area contributed by atoms with Crippen molar-refractivity contribution in [1.82, 2.24) is 30.1 Å². The molecule has 1 saturated heterocycles. The second kappa shape index (κ2) is 18.6. The molecule has 1 aromatic carbocycles. The first-order valence-corrected chi connectivity index (χ1v) is 16.0. The number of likely N-dealkylation sites (N-methyl/N-ethyl adjacent to an activating group) is 1. The van der Waals surface area contributed by atoms with Gasteiger partial charge in [0.05, 0.1) is 17.0 Å². The Morgan fingerprint density at radius 3 is 2.70 bits per heavy atom. The van der Waals surface area contributed by atoms with Gasteiger partial charge in [-0.25, -0.2) is 4.98 Å². The number of aromatic nitrogens is 3. The number of allylic oxidation sites excluding steroid dienone is 5. The van der Waals surface area contributed by atoms with E-state index in [0.717, 1.165) is 80.9 Å². The SMILES string of the molecule is C=CC(=C\NCCC(CC/C=C/O)N1CCN(C)CC1)/C=C(\C)Nc1nccc(Nc2ccc(OCc3ccccn3)c(Cl)c2)n1. The summed E-state index contributed by atoms with van der Waals surface area (Å²) in [6, 6.07) is 13.4. The standard InChI is InChI=1S/C35H45ClN8O2/c1-4-28(25-37-16-13-31(10-6-8-22-45)44-20-18-43(3)19-21-44)23-27(2)40-35-39-17-14-34(42-35)41-29-11-12-33(32(36)24-29)46-26-30-9-5-7-15-38-30/h4-5,7-9,11-12,14-15,17,22-25,31,37,45H,1,6,10,13,16,18-21,26H2,2-3H3,(H2,39,40,41,42)/b22-8+,27-23+,28-25+. The van der Waals surface area contributed by atoms with E-state index in [1.165, 1.54) is 0 Å². The van der Waals surface area contributed by atoms with Gasteiger partial charge in [0.1, 0.15) is 18.2 Å². The molecular formula is C35H45ClN8O2. The van der Waals surface area contributed by atoms with Gasteiger partial charge in [-0.3, -0.25) is 9.88 Å². The summed E-state index contributed by atoms with van der Waals surface area (Å²) in [5.41, 5.74) is 3.41. The molecule has 0 radical (unpaired) electrons. The summed E-state index contributed by atoms with van der Waals surface area (Å²) in [5.74, 6) is 1.66. The predicted octanol–water partition coefficient (Wildman–Crippen LogP) is 6.68. The van der Waals surface area contributed by atoms with Crippen molar-refractivity contribution < 1.29 is 9.84 Å². The van der Waals surface area contributed by atoms with Crippen molar-refractivity contribution in [3.63, 3.8) is 0 Å². The predicted molar refractivity (Wildman–Crippen MR) is 187 cm³/mol. The fourth-order valence-electron chi connectivity index (χ4n) is 5.09. The maximum atomic E-state index is 9.06. The van der Waals surface area contributed by atoms with Crippen LogP contribution in [0.25, 0.3) is 0 Å². The van der Waals surface area contributed by atoms with Crippen molar-refractivity contribution in [1.29, 1.82) is 0 Å². The molecule has 1 aliphatic heterocycles. The van der Waals surface area contributed by atoms with E-state index in [1.807, 2.05) is 61.7 Å². The van der Waals surface area contributed by atoms with Crippen molar-refractivity contribution >= 4 is 29.1 Å². The Hall–Kier alpha value is -4.38. The minimum atomic E-state index is 0.335. The highest BCUT2D eigenvalue weighted by Gasteiger charge is 2.21. The van der Waals surface area contributed by atoms with Crippen molar-refractivity contribution in [2.45, 2.75) is 38.8 Å². The van der Waals surface area contributed by atoms with Gasteiger partial charge < -0.3 is 30.7 Å². The molecular weight excluding hydrogens is 600 g/mol. The number of rotatable bonds is 17. The number of halogens is 1. The minimum absolute atomic E-state index is 0.335. The highest BCUT2D eigenvalue weighted by atomic mass is 35.5. The van der Waals surface area contributed by atoms with Crippen LogP contribution in [0.5, 0.6) is 5.75 Å². The topological polar surface area (TPSA) is 111 Å². The molecule has 0 saturated carbocycles. The second-order valence-electron chi connectivity index (χ2n) is 11.1. The molecule has 10 nitrogen and oxygen atoms in total. The van der Waals surface area contributed by atoms with E-state index in [2.05, 4.69) is 54.3 Å². The molecule has 3 heterocycles. The molecule has 1 unspecified atom stereocenters. The molecule has 0 bridgehead atoms. The summed E-state index contributed by atoms with van der Waals surface area (Å²) in [7, 11) is 2.17. The number of aliphatic hydroxyl groups is 1. The molecule has 4 rings (SSSR count). The van der Waals surface area contributed by atoms with E-state index >= 15 is 0 Å². The lowest BCUT2D eigenvalue weighted by Gasteiger charge is -2.38. The van der Waals surface area contributed by atoms with E-state index in [1.54, 1.807) is 24.5 Å². The van der Waals surface area contributed by atoms with E-state index in [-0.39, 0.29) is 0 Å².